The summed E-state index contributed by atoms with van der Waals surface area (Å²) in [7, 11) is 2.81. The van der Waals surface area contributed by atoms with Gasteiger partial charge in [0.15, 0.2) is 5.11 Å². The lowest BCUT2D eigenvalue weighted by Crippen LogP contribution is -2.30. The number of benzene rings is 1. The first-order valence-electron chi connectivity index (χ1n) is 10.9. The smallest absolute Gasteiger partial charge is 0.305 e. The van der Waals surface area contributed by atoms with Crippen molar-refractivity contribution in [3.8, 4) is 17.1 Å². The largest absolute Gasteiger partial charge is 0.496 e. The molecule has 1 saturated heterocycles. The lowest BCUT2D eigenvalue weighted by Gasteiger charge is -2.26. The van der Waals surface area contributed by atoms with Crippen LogP contribution in [0.5, 0.6) is 5.75 Å². The maximum absolute atomic E-state index is 11.6. The molecule has 1 aromatic carbocycles. The Bertz CT molecular complexity index is 1230. The average molecular weight is 497 g/mol. The number of ether oxygens (including phenoxy) is 2. The Morgan fingerprint density at radius 1 is 1.26 bits per heavy atom. The predicted molar refractivity (Wildman–Crippen MR) is 131 cm³/mol. The maximum Gasteiger partial charge on any atom is 0.305 e. The van der Waals surface area contributed by atoms with Gasteiger partial charge in [-0.05, 0) is 49.0 Å². The van der Waals surface area contributed by atoms with Gasteiger partial charge in [-0.3, -0.25) is 19.9 Å². The fourth-order valence-corrected chi connectivity index (χ4v) is 4.44. The van der Waals surface area contributed by atoms with Crippen molar-refractivity contribution in [2.45, 2.75) is 24.9 Å². The van der Waals surface area contributed by atoms with Gasteiger partial charge in [0.05, 0.1) is 42.5 Å². The molecule has 0 aliphatic carbocycles. The number of nitro groups is 1. The summed E-state index contributed by atoms with van der Waals surface area (Å²) in [4.78, 5) is 28.8. The second kappa shape index (κ2) is 10.5. The number of non-ortho nitro benzene ring substituents is 1. The van der Waals surface area contributed by atoms with Crippen LogP contribution < -0.4 is 10.1 Å². The Kier molecular flexibility index (Phi) is 7.25. The SMILES string of the molecule is COC(=O)CCCN1C(=S)N[C@@H](c2ccccn2)[C@@H]1c1ccc(-c2ccc([N+](=O)[O-])cc2OC)o1. The van der Waals surface area contributed by atoms with Crippen LogP contribution in [0.1, 0.15) is 36.4 Å². The van der Waals surface area contributed by atoms with Crippen molar-refractivity contribution in [3.63, 3.8) is 0 Å². The Morgan fingerprint density at radius 3 is 2.77 bits per heavy atom. The lowest BCUT2D eigenvalue weighted by molar-refractivity contribution is -0.384. The van der Waals surface area contributed by atoms with Crippen LogP contribution >= 0.6 is 12.2 Å². The lowest BCUT2D eigenvalue weighted by atomic mass is 10.0. The Morgan fingerprint density at radius 2 is 2.09 bits per heavy atom. The molecular formula is C24H24N4O6S. The number of hydrogen-bond donors (Lipinski definition) is 1. The van der Waals surface area contributed by atoms with E-state index in [2.05, 4.69) is 10.3 Å². The molecule has 1 aliphatic heterocycles. The molecule has 1 aliphatic rings. The van der Waals surface area contributed by atoms with Gasteiger partial charge in [0.25, 0.3) is 5.69 Å². The number of nitro benzene ring substituents is 1. The van der Waals surface area contributed by atoms with E-state index in [4.69, 9.17) is 26.1 Å². The Hall–Kier alpha value is -3.99. The van der Waals surface area contributed by atoms with Gasteiger partial charge in [-0.2, -0.15) is 0 Å². The molecule has 2 atom stereocenters. The fourth-order valence-electron chi connectivity index (χ4n) is 4.10. The zero-order valence-electron chi connectivity index (χ0n) is 19.2. The van der Waals surface area contributed by atoms with E-state index in [1.54, 1.807) is 18.3 Å². The Labute approximate surface area is 207 Å². The standard InChI is InChI=1S/C24H24N4O6S/c1-32-20-14-15(28(30)31)8-9-16(20)18-10-11-19(34-18)23-22(17-6-3-4-12-25-17)26-24(35)27(23)13-5-7-21(29)33-2/h3-4,6,8-12,14,22-23H,5,7,13H2,1-2H3,(H,26,35)/t22-,23-/m0/s1. The molecule has 11 heteroatoms. The molecule has 2 aromatic heterocycles. The second-order valence-corrected chi connectivity index (χ2v) is 8.23. The van der Waals surface area contributed by atoms with E-state index in [-0.39, 0.29) is 30.2 Å². The number of pyridine rings is 1. The molecule has 182 valence electrons. The number of esters is 1. The molecular weight excluding hydrogens is 472 g/mol. The summed E-state index contributed by atoms with van der Waals surface area (Å²) in [6.45, 7) is 0.506. The van der Waals surface area contributed by atoms with E-state index < -0.39 is 4.92 Å². The number of nitrogens with zero attached hydrogens (tertiary/aromatic N) is 3. The van der Waals surface area contributed by atoms with Crippen molar-refractivity contribution in [1.82, 2.24) is 15.2 Å². The van der Waals surface area contributed by atoms with E-state index >= 15 is 0 Å². The first-order valence-corrected chi connectivity index (χ1v) is 11.3. The minimum atomic E-state index is -0.478. The highest BCUT2D eigenvalue weighted by molar-refractivity contribution is 7.80. The van der Waals surface area contributed by atoms with Crippen LogP contribution in [-0.2, 0) is 9.53 Å². The molecule has 35 heavy (non-hydrogen) atoms. The normalized spacial score (nSPS) is 17.2. The molecule has 0 bridgehead atoms. The zero-order chi connectivity index (χ0) is 24.9. The van der Waals surface area contributed by atoms with Gasteiger partial charge in [-0.15, -0.1) is 0 Å². The van der Waals surface area contributed by atoms with Crippen LogP contribution in [0.4, 0.5) is 5.69 Å². The molecule has 3 heterocycles. The topological polar surface area (TPSA) is 120 Å². The van der Waals surface area contributed by atoms with Crippen molar-refractivity contribution >= 4 is 29.0 Å². The number of aromatic nitrogens is 1. The zero-order valence-corrected chi connectivity index (χ0v) is 20.0. The van der Waals surface area contributed by atoms with Gasteiger partial charge in [-0.25, -0.2) is 0 Å². The van der Waals surface area contributed by atoms with Gasteiger partial charge in [-0.1, -0.05) is 6.07 Å². The molecule has 0 amide bonds. The van der Waals surface area contributed by atoms with Crippen LogP contribution in [0, 0.1) is 10.1 Å². The van der Waals surface area contributed by atoms with Crippen LogP contribution in [0.2, 0.25) is 0 Å². The molecule has 1 fully saturated rings. The third-order valence-corrected chi connectivity index (χ3v) is 6.14. The number of carbonyl (C=O) groups is 1. The number of thiocarbonyl (C=S) groups is 1. The molecule has 10 nitrogen and oxygen atoms in total. The summed E-state index contributed by atoms with van der Waals surface area (Å²) in [5.74, 6) is 1.17. The van der Waals surface area contributed by atoms with Crippen LogP contribution in [0.3, 0.4) is 0 Å². The van der Waals surface area contributed by atoms with E-state index in [9.17, 15) is 14.9 Å². The van der Waals surface area contributed by atoms with Gasteiger partial charge >= 0.3 is 5.97 Å². The van der Waals surface area contributed by atoms with Crippen molar-refractivity contribution in [2.24, 2.45) is 0 Å². The summed E-state index contributed by atoms with van der Waals surface area (Å²) in [6, 6.07) is 13.1. The third-order valence-electron chi connectivity index (χ3n) is 5.79. The number of hydrogen-bond acceptors (Lipinski definition) is 8. The number of rotatable bonds is 9. The molecule has 1 N–H and O–H groups in total. The first-order chi connectivity index (χ1) is 16.9. The van der Waals surface area contributed by atoms with Gasteiger partial charge in [0.2, 0.25) is 0 Å². The minimum Gasteiger partial charge on any atom is -0.496 e. The fraction of sp³-hybridized carbons (Fsp3) is 0.292. The van der Waals surface area contributed by atoms with E-state index in [1.165, 1.54) is 26.4 Å². The van der Waals surface area contributed by atoms with E-state index in [1.807, 2.05) is 29.2 Å². The third kappa shape index (κ3) is 5.09. The molecule has 0 saturated carbocycles. The number of carbonyl (C=O) groups excluding carboxylic acids is 1. The average Bonchev–Trinajstić information content (AvgIpc) is 3.48. The summed E-state index contributed by atoms with van der Waals surface area (Å²) in [5, 5.41) is 15.0. The minimum absolute atomic E-state index is 0.0743. The molecule has 4 rings (SSSR count). The highest BCUT2D eigenvalue weighted by Crippen LogP contribution is 2.42. The van der Waals surface area contributed by atoms with Crippen molar-refractivity contribution < 1.29 is 23.6 Å². The van der Waals surface area contributed by atoms with Crippen molar-refractivity contribution in [2.75, 3.05) is 20.8 Å². The van der Waals surface area contributed by atoms with E-state index in [0.29, 0.717) is 40.9 Å². The van der Waals surface area contributed by atoms with Gasteiger partial charge < -0.3 is 24.1 Å². The van der Waals surface area contributed by atoms with Gasteiger partial charge in [0, 0.05) is 25.2 Å². The summed E-state index contributed by atoms with van der Waals surface area (Å²) in [5.41, 5.74) is 1.31. The number of methoxy groups -OCH3 is 2. The highest BCUT2D eigenvalue weighted by atomic mass is 32.1. The molecule has 0 radical (unpaired) electrons. The number of nitrogens with one attached hydrogen (secondary N) is 1. The second-order valence-electron chi connectivity index (χ2n) is 7.84. The van der Waals surface area contributed by atoms with Crippen molar-refractivity contribution in [1.29, 1.82) is 0 Å². The van der Waals surface area contributed by atoms with Crippen LogP contribution in [0.15, 0.2) is 59.1 Å². The molecule has 0 unspecified atom stereocenters. The first kappa shape index (κ1) is 24.1. The van der Waals surface area contributed by atoms with Crippen LogP contribution in [-0.4, -0.2) is 46.7 Å². The number of furan rings is 1. The monoisotopic (exact) mass is 496 g/mol. The molecule has 0 spiro atoms. The Balaban J connectivity index is 1.68. The quantitative estimate of drug-likeness (QED) is 0.200. The highest BCUT2D eigenvalue weighted by Gasteiger charge is 2.41. The van der Waals surface area contributed by atoms with Crippen LogP contribution in [0.25, 0.3) is 11.3 Å². The predicted octanol–water partition coefficient (Wildman–Crippen LogP) is 4.18. The molecule has 3 aromatic rings. The summed E-state index contributed by atoms with van der Waals surface area (Å²) >= 11 is 5.63. The van der Waals surface area contributed by atoms with Gasteiger partial charge in [0.1, 0.15) is 23.3 Å². The summed E-state index contributed by atoms with van der Waals surface area (Å²) < 4.78 is 16.4. The summed E-state index contributed by atoms with van der Waals surface area (Å²) in [6.07, 6.45) is 2.52. The van der Waals surface area contributed by atoms with Crippen molar-refractivity contribution in [3.05, 3.63) is 76.3 Å². The maximum atomic E-state index is 11.6. The van der Waals surface area contributed by atoms with E-state index in [0.717, 1.165) is 5.69 Å².